The molecule has 1 aliphatic rings. The maximum absolute atomic E-state index is 5.74. The van der Waals surface area contributed by atoms with E-state index in [0.717, 1.165) is 11.6 Å². The van der Waals surface area contributed by atoms with Gasteiger partial charge in [0.05, 0.1) is 0 Å². The van der Waals surface area contributed by atoms with Crippen molar-refractivity contribution in [3.8, 4) is 0 Å². The zero-order chi connectivity index (χ0) is 10.6. The lowest BCUT2D eigenvalue weighted by atomic mass is 10.0. The summed E-state index contributed by atoms with van der Waals surface area (Å²) in [7, 11) is 0.430. The van der Waals surface area contributed by atoms with E-state index < -0.39 is 8.32 Å². The van der Waals surface area contributed by atoms with Gasteiger partial charge >= 0.3 is 0 Å². The maximum Gasteiger partial charge on any atom is 0.190 e. The molecular formula is C11H25NOSi. The van der Waals surface area contributed by atoms with Crippen LogP contribution in [-0.4, -0.2) is 28.0 Å². The highest BCUT2D eigenvalue weighted by Crippen LogP contribution is 2.32. The highest BCUT2D eigenvalue weighted by Gasteiger charge is 2.37. The van der Waals surface area contributed by atoms with E-state index in [2.05, 4.69) is 25.3 Å². The van der Waals surface area contributed by atoms with Gasteiger partial charge in [-0.2, -0.15) is 0 Å². The average Bonchev–Trinajstić information content (AvgIpc) is 2.20. The summed E-state index contributed by atoms with van der Waals surface area (Å²) in [5, 5.41) is 3.67. The quantitative estimate of drug-likeness (QED) is 0.728. The first kappa shape index (κ1) is 12.2. The highest BCUT2D eigenvalue weighted by molar-refractivity contribution is 6.72. The van der Waals surface area contributed by atoms with E-state index in [1.807, 2.05) is 7.11 Å². The van der Waals surface area contributed by atoms with Crippen LogP contribution in [0.4, 0.5) is 0 Å². The number of nitrogens with one attached hydrogen (secondary N) is 1. The number of hydrogen-bond acceptors (Lipinski definition) is 2. The van der Waals surface area contributed by atoms with E-state index in [4.69, 9.17) is 4.43 Å². The molecule has 2 atom stereocenters. The minimum absolute atomic E-state index is 0.718. The summed E-state index contributed by atoms with van der Waals surface area (Å²) in [6.45, 7) is 8.19. The van der Waals surface area contributed by atoms with E-state index in [9.17, 15) is 0 Å². The Morgan fingerprint density at radius 2 is 2.14 bits per heavy atom. The van der Waals surface area contributed by atoms with E-state index in [1.54, 1.807) is 0 Å². The van der Waals surface area contributed by atoms with Crippen LogP contribution in [0, 0.1) is 0 Å². The van der Waals surface area contributed by atoms with Crippen LogP contribution < -0.4 is 5.32 Å². The minimum Gasteiger partial charge on any atom is -0.420 e. The van der Waals surface area contributed by atoms with Gasteiger partial charge in [0.15, 0.2) is 8.32 Å². The van der Waals surface area contributed by atoms with Gasteiger partial charge in [-0.25, -0.2) is 0 Å². The van der Waals surface area contributed by atoms with Crippen molar-refractivity contribution >= 4 is 8.32 Å². The fraction of sp³-hybridized carbons (Fsp3) is 1.00. The fourth-order valence-corrected chi connectivity index (χ4v) is 5.17. The maximum atomic E-state index is 5.74. The molecule has 0 radical (unpaired) electrons. The van der Waals surface area contributed by atoms with Crippen molar-refractivity contribution in [3.63, 3.8) is 0 Å². The van der Waals surface area contributed by atoms with Crippen LogP contribution in [-0.2, 0) is 4.43 Å². The first-order valence-corrected chi connectivity index (χ1v) is 8.89. The van der Waals surface area contributed by atoms with E-state index in [1.165, 1.54) is 32.2 Å². The number of hydrogen-bond donors (Lipinski definition) is 1. The Labute approximate surface area is 89.6 Å². The molecule has 0 bridgehead atoms. The van der Waals surface area contributed by atoms with Crippen molar-refractivity contribution in [2.24, 2.45) is 0 Å². The van der Waals surface area contributed by atoms with Gasteiger partial charge in [0, 0.05) is 13.2 Å². The van der Waals surface area contributed by atoms with Crippen LogP contribution in [0.25, 0.3) is 0 Å². The lowest BCUT2D eigenvalue weighted by molar-refractivity contribution is 0.327. The minimum atomic E-state index is -1.46. The topological polar surface area (TPSA) is 21.3 Å². The molecule has 2 unspecified atom stereocenters. The summed E-state index contributed by atoms with van der Waals surface area (Å²) in [6, 6.07) is 0.718. The normalized spacial score (nSPS) is 26.1. The van der Waals surface area contributed by atoms with Crippen LogP contribution in [0.2, 0.25) is 18.6 Å². The molecular weight excluding hydrogens is 190 g/mol. The molecule has 1 N–H and O–H groups in total. The highest BCUT2D eigenvalue weighted by atomic mass is 28.4. The van der Waals surface area contributed by atoms with Gasteiger partial charge in [-0.05, 0) is 38.0 Å². The summed E-state index contributed by atoms with van der Waals surface area (Å²) < 4.78 is 5.74. The molecule has 84 valence electrons. The fourth-order valence-electron chi connectivity index (χ4n) is 2.63. The molecule has 0 amide bonds. The van der Waals surface area contributed by atoms with E-state index >= 15 is 0 Å². The van der Waals surface area contributed by atoms with Gasteiger partial charge < -0.3 is 9.74 Å². The summed E-state index contributed by atoms with van der Waals surface area (Å²) >= 11 is 0. The van der Waals surface area contributed by atoms with Crippen molar-refractivity contribution in [2.45, 2.75) is 57.3 Å². The molecule has 0 aromatic rings. The van der Waals surface area contributed by atoms with Gasteiger partial charge in [0.25, 0.3) is 0 Å². The van der Waals surface area contributed by atoms with Gasteiger partial charge in [-0.3, -0.25) is 0 Å². The van der Waals surface area contributed by atoms with Gasteiger partial charge in [-0.1, -0.05) is 19.8 Å². The Morgan fingerprint density at radius 1 is 1.43 bits per heavy atom. The lowest BCUT2D eigenvalue weighted by Gasteiger charge is -2.38. The molecule has 0 aromatic carbocycles. The smallest absolute Gasteiger partial charge is 0.190 e. The van der Waals surface area contributed by atoms with Crippen LogP contribution >= 0.6 is 0 Å². The standard InChI is InChI=1S/C11H25NOSi/c1-5-11(14(3,4)13-2)10-8-6-7-9-12-10/h10-12H,5-9H2,1-4H3. The van der Waals surface area contributed by atoms with E-state index in [-0.39, 0.29) is 0 Å². The SMILES string of the molecule is CCC(C1CCCCN1)[Si](C)(C)OC. The second kappa shape index (κ2) is 5.28. The summed E-state index contributed by atoms with van der Waals surface area (Å²) in [5.41, 5.74) is 0.771. The van der Waals surface area contributed by atoms with Gasteiger partial charge in [0.2, 0.25) is 0 Å². The molecule has 1 rings (SSSR count). The molecule has 2 nitrogen and oxygen atoms in total. The second-order valence-electron chi connectivity index (χ2n) is 4.88. The summed E-state index contributed by atoms with van der Waals surface area (Å²) in [5.74, 6) is 0. The Kier molecular flexibility index (Phi) is 4.61. The first-order chi connectivity index (χ1) is 6.61. The molecule has 0 aromatic heterocycles. The number of piperidine rings is 1. The van der Waals surface area contributed by atoms with Crippen molar-refractivity contribution < 1.29 is 4.43 Å². The number of rotatable bonds is 4. The molecule has 3 heteroatoms. The third-order valence-electron chi connectivity index (χ3n) is 3.69. The molecule has 1 aliphatic heterocycles. The Balaban J connectivity index is 2.59. The van der Waals surface area contributed by atoms with Crippen molar-refractivity contribution in [1.82, 2.24) is 5.32 Å². The molecule has 1 saturated heterocycles. The summed E-state index contributed by atoms with van der Waals surface area (Å²) in [4.78, 5) is 0. The second-order valence-corrected chi connectivity index (χ2v) is 9.24. The predicted molar refractivity (Wildman–Crippen MR) is 64.2 cm³/mol. The average molecular weight is 215 g/mol. The Morgan fingerprint density at radius 3 is 2.57 bits per heavy atom. The Hall–Kier alpha value is 0.137. The molecule has 1 fully saturated rings. The van der Waals surface area contributed by atoms with E-state index in [0.29, 0.717) is 0 Å². The van der Waals surface area contributed by atoms with Crippen LogP contribution in [0.1, 0.15) is 32.6 Å². The Bertz CT molecular complexity index is 167. The predicted octanol–water partition coefficient (Wildman–Crippen LogP) is 2.76. The van der Waals surface area contributed by atoms with Crippen LogP contribution in [0.15, 0.2) is 0 Å². The molecule has 0 saturated carbocycles. The van der Waals surface area contributed by atoms with Gasteiger partial charge in [-0.15, -0.1) is 0 Å². The van der Waals surface area contributed by atoms with Crippen molar-refractivity contribution in [1.29, 1.82) is 0 Å². The lowest BCUT2D eigenvalue weighted by Crippen LogP contribution is -2.48. The van der Waals surface area contributed by atoms with Crippen molar-refractivity contribution in [2.75, 3.05) is 13.7 Å². The van der Waals surface area contributed by atoms with Gasteiger partial charge in [0.1, 0.15) is 0 Å². The largest absolute Gasteiger partial charge is 0.420 e. The van der Waals surface area contributed by atoms with Crippen LogP contribution in [0.5, 0.6) is 0 Å². The molecule has 1 heterocycles. The zero-order valence-electron chi connectivity index (χ0n) is 10.1. The molecule has 14 heavy (non-hydrogen) atoms. The van der Waals surface area contributed by atoms with Crippen LogP contribution in [0.3, 0.4) is 0 Å². The summed E-state index contributed by atoms with van der Waals surface area (Å²) in [6.07, 6.45) is 5.34. The third kappa shape index (κ3) is 2.81. The molecule has 0 spiro atoms. The molecule has 0 aliphatic carbocycles. The monoisotopic (exact) mass is 215 g/mol. The first-order valence-electron chi connectivity index (χ1n) is 5.90. The third-order valence-corrected chi connectivity index (χ3v) is 7.34. The zero-order valence-corrected chi connectivity index (χ0v) is 11.1. The van der Waals surface area contributed by atoms with Crippen molar-refractivity contribution in [3.05, 3.63) is 0 Å².